The third-order valence-corrected chi connectivity index (χ3v) is 6.05. The Balaban J connectivity index is 1.73. The van der Waals surface area contributed by atoms with Crippen molar-refractivity contribution in [1.82, 2.24) is 10.2 Å². The first kappa shape index (κ1) is 16.9. The number of nitrogens with zero attached hydrogens (tertiary/aromatic N) is 1. The van der Waals surface area contributed by atoms with Gasteiger partial charge in [0.15, 0.2) is 5.82 Å². The summed E-state index contributed by atoms with van der Waals surface area (Å²) >= 11 is 9.84. The fraction of sp³-hybridized carbons (Fsp3) is 0.125. The van der Waals surface area contributed by atoms with Crippen molar-refractivity contribution in [3.63, 3.8) is 0 Å². The average Bonchev–Trinajstić information content (AvgIpc) is 3.18. The van der Waals surface area contributed by atoms with Crippen LogP contribution < -0.4 is 11.1 Å². The smallest absolute Gasteiger partial charge is 0.391 e. The summed E-state index contributed by atoms with van der Waals surface area (Å²) in [5.41, 5.74) is 2.27. The van der Waals surface area contributed by atoms with Gasteiger partial charge < -0.3 is 9.73 Å². The molecule has 9 heteroatoms. The molecule has 2 N–H and O–H groups in total. The van der Waals surface area contributed by atoms with E-state index < -0.39 is 16.8 Å². The van der Waals surface area contributed by atoms with Crippen molar-refractivity contribution in [3.8, 4) is 0 Å². The molecule has 1 aromatic heterocycles. The van der Waals surface area contributed by atoms with E-state index in [0.717, 1.165) is 9.13 Å². The molecule has 128 valence electrons. The molecule has 0 radical (unpaired) electrons. The molecule has 1 aliphatic heterocycles. The van der Waals surface area contributed by atoms with Crippen molar-refractivity contribution in [2.24, 2.45) is 0 Å². The number of fused-ring (bicyclic) bond motifs is 1. The van der Waals surface area contributed by atoms with Gasteiger partial charge in [-0.15, -0.1) is 16.9 Å². The molecular formula is C16H10ClFIN3O2S. The predicted octanol–water partition coefficient (Wildman–Crippen LogP) is 4.84. The van der Waals surface area contributed by atoms with Gasteiger partial charge in [-0.2, -0.15) is 0 Å². The quantitative estimate of drug-likeness (QED) is 0.515. The SMILES string of the molecule is O=c1[nH]nc(C2SCc3ccc(Nc4ccc(I)cc4Cl)c(F)c32)o1. The van der Waals surface area contributed by atoms with Crippen LogP contribution in [0, 0.1) is 9.39 Å². The number of benzene rings is 2. The van der Waals surface area contributed by atoms with Gasteiger partial charge in [-0.1, -0.05) is 17.7 Å². The Labute approximate surface area is 164 Å². The van der Waals surface area contributed by atoms with E-state index in [2.05, 4.69) is 38.1 Å². The Hall–Kier alpha value is -1.52. The van der Waals surface area contributed by atoms with E-state index >= 15 is 4.39 Å². The Morgan fingerprint density at radius 1 is 1.36 bits per heavy atom. The maximum Gasteiger partial charge on any atom is 0.434 e. The summed E-state index contributed by atoms with van der Waals surface area (Å²) in [6.45, 7) is 0. The highest BCUT2D eigenvalue weighted by molar-refractivity contribution is 14.1. The molecule has 0 aliphatic carbocycles. The molecule has 1 atom stereocenters. The number of hydrogen-bond acceptors (Lipinski definition) is 5. The first-order valence-corrected chi connectivity index (χ1v) is 9.74. The van der Waals surface area contributed by atoms with Gasteiger partial charge in [-0.3, -0.25) is 0 Å². The molecule has 0 fully saturated rings. The van der Waals surface area contributed by atoms with Crippen LogP contribution in [0.2, 0.25) is 5.02 Å². The second kappa shape index (κ2) is 6.65. The number of H-pyrrole nitrogens is 1. The van der Waals surface area contributed by atoms with E-state index in [4.69, 9.17) is 16.0 Å². The molecule has 2 heterocycles. The summed E-state index contributed by atoms with van der Waals surface area (Å²) in [4.78, 5) is 11.2. The monoisotopic (exact) mass is 489 g/mol. The average molecular weight is 490 g/mol. The van der Waals surface area contributed by atoms with Crippen LogP contribution in [0.3, 0.4) is 0 Å². The lowest BCUT2D eigenvalue weighted by Crippen LogP contribution is -2.02. The summed E-state index contributed by atoms with van der Waals surface area (Å²) in [5.74, 6) is -0.243. The number of rotatable bonds is 3. The van der Waals surface area contributed by atoms with E-state index in [1.54, 1.807) is 18.2 Å². The lowest BCUT2D eigenvalue weighted by Gasteiger charge is -2.14. The van der Waals surface area contributed by atoms with Crippen molar-refractivity contribution in [2.45, 2.75) is 11.0 Å². The van der Waals surface area contributed by atoms with Crippen LogP contribution in [0.15, 0.2) is 39.5 Å². The number of nitrogens with one attached hydrogen (secondary N) is 2. The number of thioether (sulfide) groups is 1. The van der Waals surface area contributed by atoms with Crippen molar-refractivity contribution in [1.29, 1.82) is 0 Å². The first-order chi connectivity index (χ1) is 12.0. The van der Waals surface area contributed by atoms with Crippen LogP contribution in [0.25, 0.3) is 0 Å². The van der Waals surface area contributed by atoms with E-state index in [1.165, 1.54) is 11.8 Å². The zero-order valence-corrected chi connectivity index (χ0v) is 16.2. The molecule has 0 amide bonds. The van der Waals surface area contributed by atoms with Gasteiger partial charge in [0, 0.05) is 14.9 Å². The van der Waals surface area contributed by atoms with Gasteiger partial charge >= 0.3 is 5.76 Å². The van der Waals surface area contributed by atoms with Crippen molar-refractivity contribution < 1.29 is 8.81 Å². The zero-order valence-electron chi connectivity index (χ0n) is 12.5. The molecule has 5 nitrogen and oxygen atoms in total. The molecule has 0 bridgehead atoms. The lowest BCUT2D eigenvalue weighted by atomic mass is 10.0. The highest BCUT2D eigenvalue weighted by atomic mass is 127. The fourth-order valence-electron chi connectivity index (χ4n) is 2.68. The van der Waals surface area contributed by atoms with E-state index in [1.807, 2.05) is 12.1 Å². The molecule has 0 saturated carbocycles. The van der Waals surface area contributed by atoms with Gasteiger partial charge in [0.2, 0.25) is 5.89 Å². The fourth-order valence-corrected chi connectivity index (χ4v) is 4.85. The number of aromatic amines is 1. The van der Waals surface area contributed by atoms with Crippen LogP contribution in [0.1, 0.15) is 22.3 Å². The molecule has 2 aromatic carbocycles. The van der Waals surface area contributed by atoms with Gasteiger partial charge in [-0.05, 0) is 52.4 Å². The predicted molar refractivity (Wildman–Crippen MR) is 104 cm³/mol. The normalized spacial score (nSPS) is 16.0. The van der Waals surface area contributed by atoms with Gasteiger partial charge in [0.05, 0.1) is 16.4 Å². The lowest BCUT2D eigenvalue weighted by molar-refractivity contribution is 0.466. The number of aromatic nitrogens is 2. The maximum atomic E-state index is 15.1. The summed E-state index contributed by atoms with van der Waals surface area (Å²) < 4.78 is 21.1. The van der Waals surface area contributed by atoms with Gasteiger partial charge in [0.1, 0.15) is 5.25 Å². The summed E-state index contributed by atoms with van der Waals surface area (Å²) in [6.07, 6.45) is 0. The van der Waals surface area contributed by atoms with Crippen LogP contribution in [-0.2, 0) is 5.75 Å². The minimum atomic E-state index is -0.649. The maximum absolute atomic E-state index is 15.1. The number of hydrogen-bond donors (Lipinski definition) is 2. The minimum absolute atomic E-state index is 0.178. The van der Waals surface area contributed by atoms with Crippen LogP contribution in [0.4, 0.5) is 15.8 Å². The second-order valence-corrected chi connectivity index (χ2v) is 8.14. The molecule has 1 aliphatic rings. The molecule has 1 unspecified atom stereocenters. The van der Waals surface area contributed by atoms with Gasteiger partial charge in [0.25, 0.3) is 0 Å². The van der Waals surface area contributed by atoms with Crippen molar-refractivity contribution >= 4 is 57.3 Å². The summed E-state index contributed by atoms with van der Waals surface area (Å²) in [5, 5.41) is 9.15. The topological polar surface area (TPSA) is 70.9 Å². The highest BCUT2D eigenvalue weighted by Crippen LogP contribution is 2.47. The highest BCUT2D eigenvalue weighted by Gasteiger charge is 2.33. The van der Waals surface area contributed by atoms with Gasteiger partial charge in [-0.25, -0.2) is 14.3 Å². The molecule has 3 aromatic rings. The molecule has 25 heavy (non-hydrogen) atoms. The minimum Gasteiger partial charge on any atom is -0.391 e. The van der Waals surface area contributed by atoms with E-state index in [-0.39, 0.29) is 5.89 Å². The number of anilines is 2. The Kier molecular flexibility index (Phi) is 4.50. The Morgan fingerprint density at radius 2 is 2.16 bits per heavy atom. The molecule has 0 saturated heterocycles. The van der Waals surface area contributed by atoms with Crippen LogP contribution in [-0.4, -0.2) is 10.2 Å². The zero-order chi connectivity index (χ0) is 17.6. The molecule has 4 rings (SSSR count). The van der Waals surface area contributed by atoms with E-state index in [0.29, 0.717) is 27.7 Å². The first-order valence-electron chi connectivity index (χ1n) is 7.23. The van der Waals surface area contributed by atoms with Crippen molar-refractivity contribution in [3.05, 3.63) is 72.3 Å². The number of halogens is 3. The molecular weight excluding hydrogens is 480 g/mol. The largest absolute Gasteiger partial charge is 0.434 e. The Bertz CT molecular complexity index is 1020. The molecule has 0 spiro atoms. The van der Waals surface area contributed by atoms with Crippen LogP contribution >= 0.6 is 46.0 Å². The van der Waals surface area contributed by atoms with Crippen molar-refractivity contribution in [2.75, 3.05) is 5.32 Å². The van der Waals surface area contributed by atoms with Crippen LogP contribution in [0.5, 0.6) is 0 Å². The summed E-state index contributed by atoms with van der Waals surface area (Å²) in [7, 11) is 0. The third-order valence-electron chi connectivity index (χ3n) is 3.82. The standard InChI is InChI=1S/C16H10ClFIN3O2S/c17-9-5-8(19)2-4-10(9)20-11-3-1-7-6-25-14(12(7)13(11)18)15-21-22-16(23)24-15/h1-5,14,20H,6H2,(H,22,23). The summed E-state index contributed by atoms with van der Waals surface area (Å²) in [6, 6.07) is 9.03. The third kappa shape index (κ3) is 3.18. The second-order valence-electron chi connectivity index (χ2n) is 5.39. The Morgan fingerprint density at radius 3 is 2.88 bits per heavy atom. The van der Waals surface area contributed by atoms with E-state index in [9.17, 15) is 4.79 Å².